The summed E-state index contributed by atoms with van der Waals surface area (Å²) in [6.45, 7) is 0.682. The summed E-state index contributed by atoms with van der Waals surface area (Å²) in [6.07, 6.45) is 5.05. The van der Waals surface area contributed by atoms with E-state index in [4.69, 9.17) is 16.3 Å². The average Bonchev–Trinajstić information content (AvgIpc) is 2.72. The van der Waals surface area contributed by atoms with E-state index in [0.717, 1.165) is 18.1 Å². The highest BCUT2D eigenvalue weighted by Crippen LogP contribution is 2.22. The minimum absolute atomic E-state index is 0.0991. The first kappa shape index (κ1) is 19.8. The molecule has 0 fully saturated rings. The zero-order valence-corrected chi connectivity index (χ0v) is 15.9. The Hall–Kier alpha value is -2.92. The number of nitrogens with zero attached hydrogens (tertiary/aromatic N) is 1. The highest BCUT2D eigenvalue weighted by molar-refractivity contribution is 6.32. The second-order valence-electron chi connectivity index (χ2n) is 6.26. The van der Waals surface area contributed by atoms with Gasteiger partial charge in [0.2, 0.25) is 0 Å². The van der Waals surface area contributed by atoms with Crippen molar-refractivity contribution in [2.45, 2.75) is 6.42 Å². The summed E-state index contributed by atoms with van der Waals surface area (Å²) in [7, 11) is 0. The number of ether oxygens (including phenoxy) is 1. The summed E-state index contributed by atoms with van der Waals surface area (Å²) in [5, 5.41) is 0.189. The summed E-state index contributed by atoms with van der Waals surface area (Å²) in [6, 6.07) is 14.2. The second kappa shape index (κ2) is 9.33. The lowest BCUT2D eigenvalue weighted by atomic mass is 10.00. The molecule has 0 N–H and O–H groups in total. The van der Waals surface area contributed by atoms with Crippen LogP contribution in [0, 0.1) is 5.82 Å². The Labute approximate surface area is 167 Å². The quantitative estimate of drug-likeness (QED) is 0.554. The van der Waals surface area contributed by atoms with Gasteiger partial charge in [0.1, 0.15) is 5.82 Å². The maximum absolute atomic E-state index is 13.7. The molecule has 0 spiro atoms. The molecule has 0 aromatic heterocycles. The van der Waals surface area contributed by atoms with E-state index < -0.39 is 11.8 Å². The van der Waals surface area contributed by atoms with Gasteiger partial charge < -0.3 is 9.64 Å². The van der Waals surface area contributed by atoms with Gasteiger partial charge in [-0.05, 0) is 35.8 Å². The number of amides is 1. The van der Waals surface area contributed by atoms with Crippen LogP contribution in [0.3, 0.4) is 0 Å². The minimum atomic E-state index is -0.731. The van der Waals surface area contributed by atoms with Gasteiger partial charge in [-0.15, -0.1) is 0 Å². The standard InChI is InChI=1S/C22H19ClFNO3/c23-19-7-4-8-20(24)18(19)9-10-22(27)28-15-21(26)25-13-11-17(12-14-25)16-5-2-1-3-6-16/h1-11H,12-15H2/b10-9+. The molecular formula is C22H19ClFNO3. The maximum Gasteiger partial charge on any atom is 0.331 e. The van der Waals surface area contributed by atoms with Crippen molar-refractivity contribution in [3.8, 4) is 0 Å². The van der Waals surface area contributed by atoms with Crippen molar-refractivity contribution in [2.75, 3.05) is 19.7 Å². The van der Waals surface area contributed by atoms with Crippen LogP contribution >= 0.6 is 11.6 Å². The number of esters is 1. The van der Waals surface area contributed by atoms with E-state index in [1.807, 2.05) is 36.4 Å². The molecule has 0 saturated carbocycles. The molecule has 1 amide bonds. The molecule has 1 aliphatic heterocycles. The Morgan fingerprint density at radius 2 is 1.93 bits per heavy atom. The fourth-order valence-corrected chi connectivity index (χ4v) is 3.13. The summed E-state index contributed by atoms with van der Waals surface area (Å²) >= 11 is 5.89. The number of carbonyl (C=O) groups excluding carboxylic acids is 2. The van der Waals surface area contributed by atoms with Gasteiger partial charge in [-0.1, -0.05) is 54.1 Å². The smallest absolute Gasteiger partial charge is 0.331 e. The third-order valence-electron chi connectivity index (χ3n) is 4.43. The normalized spacial score (nSPS) is 14.1. The molecule has 0 saturated heterocycles. The van der Waals surface area contributed by atoms with E-state index >= 15 is 0 Å². The van der Waals surface area contributed by atoms with Crippen molar-refractivity contribution in [3.63, 3.8) is 0 Å². The van der Waals surface area contributed by atoms with Crippen LogP contribution in [0.15, 0.2) is 60.7 Å². The van der Waals surface area contributed by atoms with Gasteiger partial charge >= 0.3 is 5.97 Å². The molecule has 28 heavy (non-hydrogen) atoms. The Bertz CT molecular complexity index is 904. The summed E-state index contributed by atoms with van der Waals surface area (Å²) < 4.78 is 18.6. The van der Waals surface area contributed by atoms with E-state index in [-0.39, 0.29) is 23.1 Å². The van der Waals surface area contributed by atoms with Gasteiger partial charge in [-0.2, -0.15) is 0 Å². The van der Waals surface area contributed by atoms with E-state index in [1.165, 1.54) is 29.8 Å². The molecule has 2 aromatic rings. The Morgan fingerprint density at radius 1 is 1.14 bits per heavy atom. The number of benzene rings is 2. The van der Waals surface area contributed by atoms with Crippen LogP contribution in [-0.4, -0.2) is 36.5 Å². The monoisotopic (exact) mass is 399 g/mol. The van der Waals surface area contributed by atoms with Crippen LogP contribution in [0.1, 0.15) is 17.5 Å². The molecule has 3 rings (SSSR count). The molecule has 0 bridgehead atoms. The third kappa shape index (κ3) is 5.08. The maximum atomic E-state index is 13.7. The SMILES string of the molecule is O=C(/C=C/c1c(F)cccc1Cl)OCC(=O)N1CC=C(c2ccccc2)CC1. The summed E-state index contributed by atoms with van der Waals surface area (Å²) in [4.78, 5) is 25.7. The first-order valence-electron chi connectivity index (χ1n) is 8.85. The largest absolute Gasteiger partial charge is 0.452 e. The average molecular weight is 400 g/mol. The Kier molecular flexibility index (Phi) is 6.61. The van der Waals surface area contributed by atoms with Crippen LogP contribution in [0.25, 0.3) is 11.6 Å². The highest BCUT2D eigenvalue weighted by atomic mass is 35.5. The van der Waals surface area contributed by atoms with Gasteiger partial charge in [-0.3, -0.25) is 4.79 Å². The predicted molar refractivity (Wildman–Crippen MR) is 107 cm³/mol. The molecule has 1 aliphatic rings. The van der Waals surface area contributed by atoms with Crippen LogP contribution in [0.5, 0.6) is 0 Å². The van der Waals surface area contributed by atoms with Crippen molar-refractivity contribution in [1.82, 2.24) is 4.90 Å². The lowest BCUT2D eigenvalue weighted by molar-refractivity contribution is -0.147. The summed E-state index contributed by atoms with van der Waals surface area (Å²) in [5.41, 5.74) is 2.45. The minimum Gasteiger partial charge on any atom is -0.452 e. The molecule has 144 valence electrons. The molecule has 6 heteroatoms. The van der Waals surface area contributed by atoms with E-state index in [2.05, 4.69) is 0 Å². The molecule has 0 atom stereocenters. The zero-order chi connectivity index (χ0) is 19.9. The molecule has 0 aliphatic carbocycles. The van der Waals surface area contributed by atoms with Gasteiger partial charge in [0.05, 0.1) is 5.02 Å². The van der Waals surface area contributed by atoms with Crippen molar-refractivity contribution in [2.24, 2.45) is 0 Å². The van der Waals surface area contributed by atoms with Crippen LogP contribution in [-0.2, 0) is 14.3 Å². The lowest BCUT2D eigenvalue weighted by Crippen LogP contribution is -2.37. The first-order chi connectivity index (χ1) is 13.5. The van der Waals surface area contributed by atoms with Crippen LogP contribution in [0.4, 0.5) is 4.39 Å². The zero-order valence-electron chi connectivity index (χ0n) is 15.1. The van der Waals surface area contributed by atoms with Gasteiger partial charge in [0.25, 0.3) is 5.91 Å². The second-order valence-corrected chi connectivity index (χ2v) is 6.67. The lowest BCUT2D eigenvalue weighted by Gasteiger charge is -2.26. The molecule has 4 nitrogen and oxygen atoms in total. The third-order valence-corrected chi connectivity index (χ3v) is 4.76. The Balaban J connectivity index is 1.50. The van der Waals surface area contributed by atoms with Gasteiger partial charge in [-0.25, -0.2) is 9.18 Å². The highest BCUT2D eigenvalue weighted by Gasteiger charge is 2.18. The number of halogens is 2. The van der Waals surface area contributed by atoms with Crippen LogP contribution in [0.2, 0.25) is 5.02 Å². The van der Waals surface area contributed by atoms with E-state index in [0.29, 0.717) is 13.1 Å². The molecular weight excluding hydrogens is 381 g/mol. The van der Waals surface area contributed by atoms with Crippen molar-refractivity contribution in [3.05, 3.63) is 82.6 Å². The molecule has 1 heterocycles. The topological polar surface area (TPSA) is 46.6 Å². The number of rotatable bonds is 5. The van der Waals surface area contributed by atoms with Crippen LogP contribution < -0.4 is 0 Å². The van der Waals surface area contributed by atoms with E-state index in [1.54, 1.807) is 4.90 Å². The molecule has 0 radical (unpaired) electrons. The van der Waals surface area contributed by atoms with E-state index in [9.17, 15) is 14.0 Å². The van der Waals surface area contributed by atoms with Crippen molar-refractivity contribution >= 4 is 35.1 Å². The number of hydrogen-bond donors (Lipinski definition) is 0. The van der Waals surface area contributed by atoms with Gasteiger partial charge in [0, 0.05) is 24.7 Å². The fourth-order valence-electron chi connectivity index (χ4n) is 2.90. The first-order valence-corrected chi connectivity index (χ1v) is 9.23. The van der Waals surface area contributed by atoms with Crippen molar-refractivity contribution < 1.29 is 18.7 Å². The fraction of sp³-hybridized carbons (Fsp3) is 0.182. The van der Waals surface area contributed by atoms with Gasteiger partial charge in [0.15, 0.2) is 6.61 Å². The van der Waals surface area contributed by atoms with Crippen molar-refractivity contribution in [1.29, 1.82) is 0 Å². The number of carbonyl (C=O) groups is 2. The predicted octanol–water partition coefficient (Wildman–Crippen LogP) is 4.35. The number of hydrogen-bond acceptors (Lipinski definition) is 3. The molecule has 2 aromatic carbocycles. The molecule has 0 unspecified atom stereocenters. The summed E-state index contributed by atoms with van der Waals surface area (Å²) in [5.74, 6) is -1.54. The Morgan fingerprint density at radius 3 is 2.61 bits per heavy atom.